The second-order valence-corrected chi connectivity index (χ2v) is 4.77. The Kier molecular flexibility index (Phi) is 4.85. The van der Waals surface area contributed by atoms with Crippen LogP contribution in [0, 0.1) is 0 Å². The van der Waals surface area contributed by atoms with Gasteiger partial charge in [-0.1, -0.05) is 0 Å². The third-order valence-corrected chi connectivity index (χ3v) is 3.07. The van der Waals surface area contributed by atoms with Crippen LogP contribution in [0.15, 0.2) is 0 Å². The molecule has 0 aromatic heterocycles. The molecular formula is C11H25N3. The molecule has 84 valence electrons. The highest BCUT2D eigenvalue weighted by molar-refractivity contribution is 4.77. The van der Waals surface area contributed by atoms with Gasteiger partial charge in [-0.05, 0) is 40.3 Å². The molecule has 0 aromatic carbocycles. The molecule has 1 rings (SSSR count). The monoisotopic (exact) mass is 199 g/mol. The molecule has 0 aromatic rings. The Morgan fingerprint density at radius 3 is 2.71 bits per heavy atom. The van der Waals surface area contributed by atoms with Crippen LogP contribution >= 0.6 is 0 Å². The summed E-state index contributed by atoms with van der Waals surface area (Å²) >= 11 is 0. The van der Waals surface area contributed by atoms with Gasteiger partial charge >= 0.3 is 0 Å². The lowest BCUT2D eigenvalue weighted by atomic mass is 10.1. The van der Waals surface area contributed by atoms with Crippen LogP contribution in [0.3, 0.4) is 0 Å². The van der Waals surface area contributed by atoms with Crippen LogP contribution < -0.4 is 5.73 Å². The van der Waals surface area contributed by atoms with Crippen molar-refractivity contribution < 1.29 is 0 Å². The van der Waals surface area contributed by atoms with Gasteiger partial charge in [0, 0.05) is 31.7 Å². The maximum Gasteiger partial charge on any atom is 0.0195 e. The predicted molar refractivity (Wildman–Crippen MR) is 61.4 cm³/mol. The first-order valence-electron chi connectivity index (χ1n) is 5.77. The highest BCUT2D eigenvalue weighted by Crippen LogP contribution is 2.09. The zero-order valence-electron chi connectivity index (χ0n) is 9.87. The molecule has 2 atom stereocenters. The van der Waals surface area contributed by atoms with Crippen molar-refractivity contribution in [3.05, 3.63) is 0 Å². The van der Waals surface area contributed by atoms with Crippen LogP contribution in [-0.4, -0.2) is 55.1 Å². The summed E-state index contributed by atoms with van der Waals surface area (Å²) < 4.78 is 0. The van der Waals surface area contributed by atoms with Crippen LogP contribution in [0.4, 0.5) is 0 Å². The van der Waals surface area contributed by atoms with Crippen molar-refractivity contribution in [3.63, 3.8) is 0 Å². The van der Waals surface area contributed by atoms with Crippen LogP contribution in [0.2, 0.25) is 0 Å². The van der Waals surface area contributed by atoms with E-state index in [-0.39, 0.29) is 0 Å². The Morgan fingerprint density at radius 2 is 2.14 bits per heavy atom. The van der Waals surface area contributed by atoms with E-state index in [1.807, 2.05) is 0 Å². The average Bonchev–Trinajstić information content (AvgIpc) is 2.08. The lowest BCUT2D eigenvalue weighted by Crippen LogP contribution is -2.50. The minimum atomic E-state index is 0.359. The summed E-state index contributed by atoms with van der Waals surface area (Å²) in [6.45, 7) is 9.27. The van der Waals surface area contributed by atoms with Gasteiger partial charge in [0.1, 0.15) is 0 Å². The maximum atomic E-state index is 5.74. The summed E-state index contributed by atoms with van der Waals surface area (Å²) in [4.78, 5) is 5.00. The summed E-state index contributed by atoms with van der Waals surface area (Å²) in [6, 6.07) is 1.07. The van der Waals surface area contributed by atoms with E-state index in [0.717, 1.165) is 6.42 Å². The van der Waals surface area contributed by atoms with Gasteiger partial charge in [0.25, 0.3) is 0 Å². The third kappa shape index (κ3) is 3.95. The molecule has 0 saturated carbocycles. The molecule has 0 bridgehead atoms. The summed E-state index contributed by atoms with van der Waals surface area (Å²) in [5, 5.41) is 0. The number of rotatable bonds is 4. The van der Waals surface area contributed by atoms with Crippen molar-refractivity contribution in [3.8, 4) is 0 Å². The molecule has 1 aliphatic rings. The van der Waals surface area contributed by atoms with Crippen LogP contribution in [0.5, 0.6) is 0 Å². The third-order valence-electron chi connectivity index (χ3n) is 3.07. The van der Waals surface area contributed by atoms with E-state index in [1.165, 1.54) is 32.6 Å². The number of likely N-dealkylation sites (N-methyl/N-ethyl adjacent to an activating group) is 1. The number of hydrogen-bond acceptors (Lipinski definition) is 3. The number of nitrogens with zero attached hydrogens (tertiary/aromatic N) is 2. The SMILES string of the molecule is CC(N)CCCN1CCN(C)CC1C. The van der Waals surface area contributed by atoms with Gasteiger partial charge in [0.05, 0.1) is 0 Å². The van der Waals surface area contributed by atoms with Crippen LogP contribution in [-0.2, 0) is 0 Å². The van der Waals surface area contributed by atoms with Gasteiger partial charge in [-0.25, -0.2) is 0 Å². The minimum Gasteiger partial charge on any atom is -0.328 e. The fourth-order valence-corrected chi connectivity index (χ4v) is 2.13. The van der Waals surface area contributed by atoms with Crippen LogP contribution in [0.1, 0.15) is 26.7 Å². The van der Waals surface area contributed by atoms with Gasteiger partial charge in [-0.2, -0.15) is 0 Å². The van der Waals surface area contributed by atoms with Crippen LogP contribution in [0.25, 0.3) is 0 Å². The molecule has 0 spiro atoms. The maximum absolute atomic E-state index is 5.74. The van der Waals surface area contributed by atoms with E-state index in [0.29, 0.717) is 12.1 Å². The van der Waals surface area contributed by atoms with E-state index in [2.05, 4.69) is 30.7 Å². The highest BCUT2D eigenvalue weighted by atomic mass is 15.3. The van der Waals surface area contributed by atoms with E-state index in [9.17, 15) is 0 Å². The number of piperazine rings is 1. The molecule has 2 unspecified atom stereocenters. The molecular weight excluding hydrogens is 174 g/mol. The van der Waals surface area contributed by atoms with Gasteiger partial charge in [-0.3, -0.25) is 4.90 Å². The number of nitrogens with two attached hydrogens (primary N) is 1. The first-order chi connectivity index (χ1) is 6.59. The fourth-order valence-electron chi connectivity index (χ4n) is 2.13. The van der Waals surface area contributed by atoms with Crippen molar-refractivity contribution in [1.82, 2.24) is 9.80 Å². The quantitative estimate of drug-likeness (QED) is 0.725. The fraction of sp³-hybridized carbons (Fsp3) is 1.00. The van der Waals surface area contributed by atoms with E-state index < -0.39 is 0 Å². The predicted octanol–water partition coefficient (Wildman–Crippen LogP) is 0.750. The second-order valence-electron chi connectivity index (χ2n) is 4.77. The summed E-state index contributed by atoms with van der Waals surface area (Å²) in [6.07, 6.45) is 2.39. The Bertz CT molecular complexity index is 159. The highest BCUT2D eigenvalue weighted by Gasteiger charge is 2.20. The van der Waals surface area contributed by atoms with Gasteiger partial charge in [-0.15, -0.1) is 0 Å². The Morgan fingerprint density at radius 1 is 1.43 bits per heavy atom. The molecule has 1 saturated heterocycles. The lowest BCUT2D eigenvalue weighted by molar-refractivity contribution is 0.0982. The van der Waals surface area contributed by atoms with Crippen molar-refractivity contribution in [2.45, 2.75) is 38.8 Å². The van der Waals surface area contributed by atoms with Crippen molar-refractivity contribution in [2.75, 3.05) is 33.2 Å². The summed E-state index contributed by atoms with van der Waals surface area (Å²) in [5.74, 6) is 0. The topological polar surface area (TPSA) is 32.5 Å². The standard InChI is InChI=1S/C11H25N3/c1-10(12)5-4-6-14-8-7-13(3)9-11(14)2/h10-11H,4-9,12H2,1-3H3. The first-order valence-corrected chi connectivity index (χ1v) is 5.77. The number of hydrogen-bond donors (Lipinski definition) is 1. The molecule has 1 fully saturated rings. The van der Waals surface area contributed by atoms with Gasteiger partial charge in [0.2, 0.25) is 0 Å². The van der Waals surface area contributed by atoms with Gasteiger partial charge < -0.3 is 10.6 Å². The smallest absolute Gasteiger partial charge is 0.0195 e. The molecule has 2 N–H and O–H groups in total. The normalized spacial score (nSPS) is 27.9. The Labute approximate surface area is 88.2 Å². The molecule has 0 aliphatic carbocycles. The Hall–Kier alpha value is -0.120. The van der Waals surface area contributed by atoms with Crippen molar-refractivity contribution in [1.29, 1.82) is 0 Å². The molecule has 1 heterocycles. The zero-order chi connectivity index (χ0) is 10.6. The average molecular weight is 199 g/mol. The van der Waals surface area contributed by atoms with E-state index in [4.69, 9.17) is 5.73 Å². The minimum absolute atomic E-state index is 0.359. The van der Waals surface area contributed by atoms with Crippen molar-refractivity contribution >= 4 is 0 Å². The van der Waals surface area contributed by atoms with E-state index in [1.54, 1.807) is 0 Å². The molecule has 14 heavy (non-hydrogen) atoms. The molecule has 3 heteroatoms. The summed E-state index contributed by atoms with van der Waals surface area (Å²) in [7, 11) is 2.20. The molecule has 3 nitrogen and oxygen atoms in total. The largest absolute Gasteiger partial charge is 0.328 e. The summed E-state index contributed by atoms with van der Waals surface area (Å²) in [5.41, 5.74) is 5.74. The van der Waals surface area contributed by atoms with Crippen molar-refractivity contribution in [2.24, 2.45) is 5.73 Å². The molecule has 0 radical (unpaired) electrons. The zero-order valence-corrected chi connectivity index (χ0v) is 9.87. The first kappa shape index (κ1) is 12.0. The molecule has 1 aliphatic heterocycles. The second kappa shape index (κ2) is 5.69. The Balaban J connectivity index is 2.17. The van der Waals surface area contributed by atoms with E-state index >= 15 is 0 Å². The van der Waals surface area contributed by atoms with Gasteiger partial charge in [0.15, 0.2) is 0 Å². The molecule has 0 amide bonds. The lowest BCUT2D eigenvalue weighted by Gasteiger charge is -2.38.